The van der Waals surface area contributed by atoms with E-state index in [-0.39, 0.29) is 0 Å². The molecule has 0 heterocycles. The Morgan fingerprint density at radius 3 is 2.74 bits per heavy atom. The highest BCUT2D eigenvalue weighted by molar-refractivity contribution is 7.98. The van der Waals surface area contributed by atoms with Crippen LogP contribution in [0.1, 0.15) is 31.7 Å². The van der Waals surface area contributed by atoms with Gasteiger partial charge in [-0.25, -0.2) is 0 Å². The van der Waals surface area contributed by atoms with Crippen molar-refractivity contribution in [3.63, 3.8) is 0 Å². The number of rotatable bonds is 8. The van der Waals surface area contributed by atoms with Gasteiger partial charge in [-0.2, -0.15) is 11.8 Å². The second-order valence-electron chi connectivity index (χ2n) is 4.56. The zero-order valence-electron chi connectivity index (χ0n) is 11.1. The third-order valence-corrected chi connectivity index (χ3v) is 4.65. The van der Waals surface area contributed by atoms with Gasteiger partial charge in [-0.15, -0.1) is 0 Å². The minimum atomic E-state index is -1.08. The first-order valence-corrected chi connectivity index (χ1v) is 7.86. The van der Waals surface area contributed by atoms with E-state index < -0.39 is 11.5 Å². The molecule has 106 valence electrons. The predicted molar refractivity (Wildman–Crippen MR) is 81.7 cm³/mol. The molecule has 5 heteroatoms. The molecule has 1 aromatic carbocycles. The van der Waals surface area contributed by atoms with Crippen molar-refractivity contribution in [1.82, 2.24) is 0 Å². The molecule has 0 amide bonds. The number of aliphatic carboxylic acids is 1. The number of halogens is 1. The Morgan fingerprint density at radius 2 is 2.16 bits per heavy atom. The van der Waals surface area contributed by atoms with Crippen molar-refractivity contribution in [3.8, 4) is 0 Å². The largest absolute Gasteiger partial charge is 0.480 e. The molecule has 1 aromatic rings. The summed E-state index contributed by atoms with van der Waals surface area (Å²) in [6.45, 7) is 1.81. The molecule has 0 fully saturated rings. The lowest BCUT2D eigenvalue weighted by Crippen LogP contribution is -2.47. The van der Waals surface area contributed by atoms with Crippen molar-refractivity contribution in [1.29, 1.82) is 0 Å². The molecule has 0 spiro atoms. The van der Waals surface area contributed by atoms with Gasteiger partial charge in [0.2, 0.25) is 0 Å². The number of carboxylic acid groups (broad SMARTS) is 1. The predicted octanol–water partition coefficient (Wildman–Crippen LogP) is 3.55. The van der Waals surface area contributed by atoms with Crippen LogP contribution in [0.25, 0.3) is 0 Å². The number of hydrogen-bond donors (Lipinski definition) is 2. The summed E-state index contributed by atoms with van der Waals surface area (Å²) in [7, 11) is 0. The fourth-order valence-corrected chi connectivity index (χ4v) is 2.97. The highest BCUT2D eigenvalue weighted by Gasteiger charge is 2.30. The molecule has 0 aromatic heterocycles. The third kappa shape index (κ3) is 5.05. The van der Waals surface area contributed by atoms with Gasteiger partial charge in [-0.05, 0) is 36.6 Å². The van der Waals surface area contributed by atoms with Crippen LogP contribution in [0.4, 0.5) is 0 Å². The van der Waals surface area contributed by atoms with E-state index in [2.05, 4.69) is 0 Å². The average Bonchev–Trinajstić information content (AvgIpc) is 2.39. The standard InChI is InChI=1S/C14H20ClNO2S/c1-2-14(16,13(17)18)8-5-9-19-10-11-6-3-4-7-12(11)15/h3-4,6-7H,2,5,8-10,16H2,1H3,(H,17,18). The number of carboxylic acids is 1. The second kappa shape index (κ2) is 7.78. The van der Waals surface area contributed by atoms with Crippen LogP contribution in [0.5, 0.6) is 0 Å². The number of thioether (sulfide) groups is 1. The van der Waals surface area contributed by atoms with Gasteiger partial charge in [0.1, 0.15) is 5.54 Å². The van der Waals surface area contributed by atoms with Crippen LogP contribution >= 0.6 is 23.4 Å². The van der Waals surface area contributed by atoms with Crippen molar-refractivity contribution in [2.24, 2.45) is 5.73 Å². The molecule has 0 bridgehead atoms. The van der Waals surface area contributed by atoms with E-state index in [1.54, 1.807) is 11.8 Å². The Balaban J connectivity index is 2.29. The number of carbonyl (C=O) groups is 1. The van der Waals surface area contributed by atoms with Gasteiger partial charge in [-0.1, -0.05) is 36.7 Å². The Morgan fingerprint density at radius 1 is 1.47 bits per heavy atom. The first kappa shape index (κ1) is 16.3. The molecule has 1 unspecified atom stereocenters. The average molecular weight is 302 g/mol. The maximum atomic E-state index is 11.0. The van der Waals surface area contributed by atoms with E-state index in [1.807, 2.05) is 31.2 Å². The van der Waals surface area contributed by atoms with Gasteiger partial charge in [0.05, 0.1) is 0 Å². The SMILES string of the molecule is CCC(N)(CCCSCc1ccccc1Cl)C(=O)O. The zero-order valence-corrected chi connectivity index (χ0v) is 12.6. The summed E-state index contributed by atoms with van der Waals surface area (Å²) >= 11 is 7.81. The summed E-state index contributed by atoms with van der Waals surface area (Å²) in [5, 5.41) is 9.83. The maximum absolute atomic E-state index is 11.0. The smallest absolute Gasteiger partial charge is 0.323 e. The van der Waals surface area contributed by atoms with Crippen molar-refractivity contribution in [3.05, 3.63) is 34.9 Å². The first-order chi connectivity index (χ1) is 8.99. The van der Waals surface area contributed by atoms with Crippen LogP contribution in [-0.2, 0) is 10.5 Å². The Hall–Kier alpha value is -0.710. The molecule has 0 saturated carbocycles. The van der Waals surface area contributed by atoms with Crippen LogP contribution < -0.4 is 5.73 Å². The molecular weight excluding hydrogens is 282 g/mol. The van der Waals surface area contributed by atoms with E-state index >= 15 is 0 Å². The van der Waals surface area contributed by atoms with Gasteiger partial charge in [0.25, 0.3) is 0 Å². The number of nitrogens with two attached hydrogens (primary N) is 1. The van der Waals surface area contributed by atoms with Gasteiger partial charge in [0.15, 0.2) is 0 Å². The lowest BCUT2D eigenvalue weighted by molar-refractivity contribution is -0.143. The molecule has 1 atom stereocenters. The highest BCUT2D eigenvalue weighted by Crippen LogP contribution is 2.22. The van der Waals surface area contributed by atoms with Crippen LogP contribution in [0.3, 0.4) is 0 Å². The van der Waals surface area contributed by atoms with E-state index in [1.165, 1.54) is 0 Å². The summed E-state index contributed by atoms with van der Waals surface area (Å²) in [5.74, 6) is 0.819. The first-order valence-electron chi connectivity index (χ1n) is 6.33. The van der Waals surface area contributed by atoms with E-state index in [4.69, 9.17) is 22.4 Å². The molecule has 19 heavy (non-hydrogen) atoms. The van der Waals surface area contributed by atoms with Crippen LogP contribution in [0, 0.1) is 0 Å². The van der Waals surface area contributed by atoms with E-state index in [9.17, 15) is 4.79 Å². The van der Waals surface area contributed by atoms with Crippen molar-refractivity contribution >= 4 is 29.3 Å². The zero-order chi connectivity index (χ0) is 14.3. The van der Waals surface area contributed by atoms with Crippen molar-refractivity contribution < 1.29 is 9.90 Å². The summed E-state index contributed by atoms with van der Waals surface area (Å²) in [6, 6.07) is 7.76. The molecule has 3 nitrogen and oxygen atoms in total. The number of benzene rings is 1. The van der Waals surface area contributed by atoms with Crippen LogP contribution in [0.15, 0.2) is 24.3 Å². The van der Waals surface area contributed by atoms with Crippen LogP contribution in [0.2, 0.25) is 5.02 Å². The molecule has 0 aliphatic heterocycles. The Labute approximate surface area is 123 Å². The normalized spacial score (nSPS) is 14.1. The molecule has 0 aliphatic carbocycles. The van der Waals surface area contributed by atoms with Crippen molar-refractivity contribution in [2.75, 3.05) is 5.75 Å². The van der Waals surface area contributed by atoms with Gasteiger partial charge in [-0.3, -0.25) is 4.79 Å². The lowest BCUT2D eigenvalue weighted by Gasteiger charge is -2.22. The quantitative estimate of drug-likeness (QED) is 0.721. The van der Waals surface area contributed by atoms with Gasteiger partial charge >= 0.3 is 5.97 Å². The molecule has 0 saturated heterocycles. The van der Waals surface area contributed by atoms with Crippen molar-refractivity contribution in [2.45, 2.75) is 37.5 Å². The van der Waals surface area contributed by atoms with E-state index in [0.717, 1.165) is 28.5 Å². The minimum absolute atomic E-state index is 0.456. The molecule has 0 aliphatic rings. The fourth-order valence-electron chi connectivity index (χ4n) is 1.72. The monoisotopic (exact) mass is 301 g/mol. The highest BCUT2D eigenvalue weighted by atomic mass is 35.5. The Kier molecular flexibility index (Phi) is 6.69. The second-order valence-corrected chi connectivity index (χ2v) is 6.07. The summed E-state index contributed by atoms with van der Waals surface area (Å²) in [6.07, 6.45) is 1.76. The van der Waals surface area contributed by atoms with Gasteiger partial charge in [0, 0.05) is 10.8 Å². The molecule has 0 radical (unpaired) electrons. The van der Waals surface area contributed by atoms with E-state index in [0.29, 0.717) is 12.8 Å². The molecule has 3 N–H and O–H groups in total. The van der Waals surface area contributed by atoms with Crippen LogP contribution in [-0.4, -0.2) is 22.4 Å². The number of hydrogen-bond acceptors (Lipinski definition) is 3. The summed E-state index contributed by atoms with van der Waals surface area (Å²) in [5.41, 5.74) is 5.86. The maximum Gasteiger partial charge on any atom is 0.323 e. The topological polar surface area (TPSA) is 63.3 Å². The fraction of sp³-hybridized carbons (Fsp3) is 0.500. The van der Waals surface area contributed by atoms with Gasteiger partial charge < -0.3 is 10.8 Å². The minimum Gasteiger partial charge on any atom is -0.480 e. The molecule has 1 rings (SSSR count). The summed E-state index contributed by atoms with van der Waals surface area (Å²) < 4.78 is 0. The molecular formula is C14H20ClNO2S. The summed E-state index contributed by atoms with van der Waals surface area (Å²) in [4.78, 5) is 11.0. The third-order valence-electron chi connectivity index (χ3n) is 3.18. The lowest BCUT2D eigenvalue weighted by atomic mass is 9.92. The Bertz CT molecular complexity index is 428.